The summed E-state index contributed by atoms with van der Waals surface area (Å²) in [5, 5.41) is 2.73. The predicted molar refractivity (Wildman–Crippen MR) is 131 cm³/mol. The number of likely N-dealkylation sites (N-methyl/N-ethyl adjacent to an activating group) is 1. The molecule has 9 heteroatoms. The molecule has 2 aromatic rings. The molecule has 31 heavy (non-hydrogen) atoms. The zero-order chi connectivity index (χ0) is 23.2. The molecule has 2 amide bonds. The average molecular weight is 557 g/mol. The SMILES string of the molecule is CCNC(=O)C(C)N(Cc1cccc(C)c1)C(=O)CN(c1ccc(I)cc1)S(C)(=O)=O. The standard InChI is InChI=1S/C22H28IN3O4S/c1-5-24-22(28)17(3)25(14-18-8-6-7-16(2)13-18)21(27)15-26(31(4,29)30)20-11-9-19(23)10-12-20/h6-13,17H,5,14-15H2,1-4H3,(H,24,28). The first kappa shape index (κ1) is 25.1. The number of carbonyl (C=O) groups is 2. The van der Waals surface area contributed by atoms with Crippen molar-refractivity contribution in [3.63, 3.8) is 0 Å². The highest BCUT2D eigenvalue weighted by atomic mass is 127. The van der Waals surface area contributed by atoms with Crippen molar-refractivity contribution in [1.82, 2.24) is 10.2 Å². The first-order valence-electron chi connectivity index (χ1n) is 9.89. The summed E-state index contributed by atoms with van der Waals surface area (Å²) >= 11 is 2.13. The summed E-state index contributed by atoms with van der Waals surface area (Å²) in [6.07, 6.45) is 1.07. The van der Waals surface area contributed by atoms with Crippen LogP contribution in [-0.2, 0) is 26.2 Å². The molecule has 0 spiro atoms. The van der Waals surface area contributed by atoms with Crippen LogP contribution in [0, 0.1) is 10.5 Å². The van der Waals surface area contributed by atoms with E-state index in [4.69, 9.17) is 0 Å². The summed E-state index contributed by atoms with van der Waals surface area (Å²) < 4.78 is 26.9. The van der Waals surface area contributed by atoms with Crippen LogP contribution in [0.1, 0.15) is 25.0 Å². The Labute approximate surface area is 198 Å². The topological polar surface area (TPSA) is 86.8 Å². The van der Waals surface area contributed by atoms with Crippen molar-refractivity contribution in [3.05, 3.63) is 63.2 Å². The van der Waals surface area contributed by atoms with Crippen molar-refractivity contribution in [2.75, 3.05) is 23.7 Å². The van der Waals surface area contributed by atoms with Gasteiger partial charge in [0, 0.05) is 16.7 Å². The molecule has 0 bridgehead atoms. The largest absolute Gasteiger partial charge is 0.355 e. The van der Waals surface area contributed by atoms with Crippen LogP contribution in [0.25, 0.3) is 0 Å². The third-order valence-corrected chi connectivity index (χ3v) is 6.61. The molecule has 2 aromatic carbocycles. The molecule has 168 valence electrons. The van der Waals surface area contributed by atoms with Crippen LogP contribution < -0.4 is 9.62 Å². The maximum Gasteiger partial charge on any atom is 0.244 e. The Morgan fingerprint density at radius 3 is 2.32 bits per heavy atom. The van der Waals surface area contributed by atoms with Crippen LogP contribution >= 0.6 is 22.6 Å². The zero-order valence-electron chi connectivity index (χ0n) is 18.1. The maximum atomic E-state index is 13.3. The van der Waals surface area contributed by atoms with Crippen molar-refractivity contribution < 1.29 is 18.0 Å². The van der Waals surface area contributed by atoms with Gasteiger partial charge in [-0.3, -0.25) is 13.9 Å². The lowest BCUT2D eigenvalue weighted by Gasteiger charge is -2.31. The summed E-state index contributed by atoms with van der Waals surface area (Å²) in [7, 11) is -3.71. The van der Waals surface area contributed by atoms with E-state index in [0.717, 1.165) is 25.3 Å². The van der Waals surface area contributed by atoms with Gasteiger partial charge in [0.15, 0.2) is 0 Å². The van der Waals surface area contributed by atoms with Crippen molar-refractivity contribution in [3.8, 4) is 0 Å². The summed E-state index contributed by atoms with van der Waals surface area (Å²) in [6.45, 7) is 5.64. The van der Waals surface area contributed by atoms with Gasteiger partial charge in [-0.15, -0.1) is 0 Å². The molecule has 0 aromatic heterocycles. The number of sulfonamides is 1. The van der Waals surface area contributed by atoms with E-state index < -0.39 is 28.5 Å². The van der Waals surface area contributed by atoms with Crippen molar-refractivity contribution in [2.24, 2.45) is 0 Å². The number of amides is 2. The fraction of sp³-hybridized carbons (Fsp3) is 0.364. The molecule has 0 aliphatic heterocycles. The zero-order valence-corrected chi connectivity index (χ0v) is 21.1. The number of carbonyl (C=O) groups excluding carboxylic acids is 2. The fourth-order valence-electron chi connectivity index (χ4n) is 3.13. The number of nitrogens with one attached hydrogen (secondary N) is 1. The first-order chi connectivity index (χ1) is 14.5. The second kappa shape index (κ2) is 10.9. The second-order valence-electron chi connectivity index (χ2n) is 7.33. The lowest BCUT2D eigenvalue weighted by molar-refractivity contribution is -0.139. The third kappa shape index (κ3) is 7.20. The quantitative estimate of drug-likeness (QED) is 0.481. The number of hydrogen-bond donors (Lipinski definition) is 1. The molecule has 0 saturated carbocycles. The molecular weight excluding hydrogens is 529 g/mol. The average Bonchev–Trinajstić information content (AvgIpc) is 2.70. The Morgan fingerprint density at radius 2 is 1.77 bits per heavy atom. The normalized spacial score (nSPS) is 12.2. The lowest BCUT2D eigenvalue weighted by atomic mass is 10.1. The molecule has 1 atom stereocenters. The molecule has 0 aliphatic rings. The number of nitrogens with zero attached hydrogens (tertiary/aromatic N) is 2. The number of aryl methyl sites for hydroxylation is 1. The Bertz CT molecular complexity index is 1030. The van der Waals surface area contributed by atoms with Crippen LogP contribution in [-0.4, -0.2) is 50.5 Å². The lowest BCUT2D eigenvalue weighted by Crippen LogP contribution is -2.51. The van der Waals surface area contributed by atoms with Crippen LogP contribution in [0.4, 0.5) is 5.69 Å². The van der Waals surface area contributed by atoms with Crippen molar-refractivity contribution >= 4 is 50.1 Å². The smallest absolute Gasteiger partial charge is 0.244 e. The predicted octanol–water partition coefficient (Wildman–Crippen LogP) is 2.92. The molecule has 0 aliphatic carbocycles. The highest BCUT2D eigenvalue weighted by Gasteiger charge is 2.29. The summed E-state index contributed by atoms with van der Waals surface area (Å²) in [5.41, 5.74) is 2.30. The molecule has 2 rings (SSSR count). The van der Waals surface area contributed by atoms with Crippen LogP contribution in [0.15, 0.2) is 48.5 Å². The molecule has 1 N–H and O–H groups in total. The van der Waals surface area contributed by atoms with Gasteiger partial charge in [0.1, 0.15) is 12.6 Å². The molecular formula is C22H28IN3O4S. The summed E-state index contributed by atoms with van der Waals surface area (Å²) in [6, 6.07) is 13.8. The molecule has 7 nitrogen and oxygen atoms in total. The maximum absolute atomic E-state index is 13.3. The number of rotatable bonds is 9. The summed E-state index contributed by atoms with van der Waals surface area (Å²) in [5.74, 6) is -0.743. The molecule has 0 heterocycles. The van der Waals surface area contributed by atoms with Gasteiger partial charge in [0.2, 0.25) is 21.8 Å². The van der Waals surface area contributed by atoms with E-state index in [9.17, 15) is 18.0 Å². The van der Waals surface area contributed by atoms with E-state index in [1.54, 1.807) is 38.1 Å². The van der Waals surface area contributed by atoms with E-state index in [1.807, 2.05) is 31.2 Å². The van der Waals surface area contributed by atoms with Gasteiger partial charge < -0.3 is 10.2 Å². The van der Waals surface area contributed by atoms with E-state index >= 15 is 0 Å². The fourth-order valence-corrected chi connectivity index (χ4v) is 4.34. The minimum atomic E-state index is -3.71. The number of halogens is 1. The minimum absolute atomic E-state index is 0.198. The van der Waals surface area contributed by atoms with Crippen molar-refractivity contribution in [1.29, 1.82) is 0 Å². The van der Waals surface area contributed by atoms with E-state index in [0.29, 0.717) is 12.2 Å². The van der Waals surface area contributed by atoms with E-state index in [-0.39, 0.29) is 12.5 Å². The van der Waals surface area contributed by atoms with E-state index in [1.165, 1.54) is 4.90 Å². The van der Waals surface area contributed by atoms with Gasteiger partial charge in [0.25, 0.3) is 0 Å². The van der Waals surface area contributed by atoms with Crippen molar-refractivity contribution in [2.45, 2.75) is 33.4 Å². The van der Waals surface area contributed by atoms with Gasteiger partial charge in [-0.25, -0.2) is 8.42 Å². The Kier molecular flexibility index (Phi) is 8.87. The summed E-state index contributed by atoms with van der Waals surface area (Å²) in [4.78, 5) is 27.2. The minimum Gasteiger partial charge on any atom is -0.355 e. The molecule has 0 fully saturated rings. The Balaban J connectivity index is 2.37. The van der Waals surface area contributed by atoms with Crippen LogP contribution in [0.2, 0.25) is 0 Å². The van der Waals surface area contributed by atoms with Gasteiger partial charge in [-0.2, -0.15) is 0 Å². The molecule has 1 unspecified atom stereocenters. The highest BCUT2D eigenvalue weighted by molar-refractivity contribution is 14.1. The highest BCUT2D eigenvalue weighted by Crippen LogP contribution is 2.20. The number of hydrogen-bond acceptors (Lipinski definition) is 4. The van der Waals surface area contributed by atoms with Gasteiger partial charge in [0.05, 0.1) is 11.9 Å². The Morgan fingerprint density at radius 1 is 1.13 bits per heavy atom. The first-order valence-corrected chi connectivity index (χ1v) is 12.8. The third-order valence-electron chi connectivity index (χ3n) is 4.75. The molecule has 0 radical (unpaired) electrons. The monoisotopic (exact) mass is 557 g/mol. The van der Waals surface area contributed by atoms with Crippen LogP contribution in [0.5, 0.6) is 0 Å². The second-order valence-corrected chi connectivity index (χ2v) is 10.5. The van der Waals surface area contributed by atoms with Gasteiger partial charge in [-0.1, -0.05) is 29.8 Å². The number of benzene rings is 2. The van der Waals surface area contributed by atoms with Crippen LogP contribution in [0.3, 0.4) is 0 Å². The number of anilines is 1. The van der Waals surface area contributed by atoms with Gasteiger partial charge >= 0.3 is 0 Å². The van der Waals surface area contributed by atoms with E-state index in [2.05, 4.69) is 27.9 Å². The Hall–Kier alpha value is -2.14. The molecule has 0 saturated heterocycles. The van der Waals surface area contributed by atoms with Gasteiger partial charge in [-0.05, 0) is 73.2 Å².